The van der Waals surface area contributed by atoms with Crippen molar-refractivity contribution in [3.8, 4) is 11.5 Å². The molecule has 1 aromatic carbocycles. The first-order valence-electron chi connectivity index (χ1n) is 7.74. The van der Waals surface area contributed by atoms with Gasteiger partial charge in [0, 0.05) is 19.6 Å². The quantitative estimate of drug-likeness (QED) is 0.785. The van der Waals surface area contributed by atoms with Crippen LogP contribution >= 0.6 is 0 Å². The molecule has 0 saturated carbocycles. The molecule has 0 bridgehead atoms. The number of para-hydroxylation sites is 2. The van der Waals surface area contributed by atoms with Crippen molar-refractivity contribution in [2.45, 2.75) is 32.3 Å². The summed E-state index contributed by atoms with van der Waals surface area (Å²) in [5.74, 6) is 2.11. The maximum atomic E-state index is 6.30. The van der Waals surface area contributed by atoms with Crippen molar-refractivity contribution in [2.75, 3.05) is 33.4 Å². The molecule has 1 aliphatic heterocycles. The Bertz CT molecular complexity index is 428. The highest BCUT2D eigenvalue weighted by Gasteiger charge is 2.33. The molecular weight excluding hydrogens is 266 g/mol. The lowest BCUT2D eigenvalue weighted by Crippen LogP contribution is -2.46. The normalized spacial score (nSPS) is 19.3. The Balaban J connectivity index is 2.03. The molecule has 1 saturated heterocycles. The van der Waals surface area contributed by atoms with Crippen LogP contribution in [0.5, 0.6) is 11.5 Å². The SMILES string of the molecule is COCCOc1ccccc1OC(C)(C)C1CCCNC1. The van der Waals surface area contributed by atoms with E-state index in [0.29, 0.717) is 19.1 Å². The second-order valence-corrected chi connectivity index (χ2v) is 6.04. The van der Waals surface area contributed by atoms with Gasteiger partial charge in [0.2, 0.25) is 0 Å². The fraction of sp³-hybridized carbons (Fsp3) is 0.647. The Labute approximate surface area is 127 Å². The van der Waals surface area contributed by atoms with Gasteiger partial charge in [-0.25, -0.2) is 0 Å². The number of ether oxygens (including phenoxy) is 3. The van der Waals surface area contributed by atoms with Crippen LogP contribution in [0.1, 0.15) is 26.7 Å². The summed E-state index contributed by atoms with van der Waals surface area (Å²) in [6.45, 7) is 7.56. The molecule has 1 atom stereocenters. The summed E-state index contributed by atoms with van der Waals surface area (Å²) in [6.07, 6.45) is 2.41. The van der Waals surface area contributed by atoms with Gasteiger partial charge in [-0.2, -0.15) is 0 Å². The summed E-state index contributed by atoms with van der Waals surface area (Å²) in [5, 5.41) is 3.46. The van der Waals surface area contributed by atoms with Crippen molar-refractivity contribution < 1.29 is 14.2 Å². The number of benzene rings is 1. The maximum absolute atomic E-state index is 6.30. The Kier molecular flexibility index (Phi) is 5.88. The van der Waals surface area contributed by atoms with Gasteiger partial charge >= 0.3 is 0 Å². The Hall–Kier alpha value is -1.26. The van der Waals surface area contributed by atoms with Gasteiger partial charge in [0.1, 0.15) is 12.2 Å². The van der Waals surface area contributed by atoms with E-state index in [2.05, 4.69) is 19.2 Å². The minimum absolute atomic E-state index is 0.214. The number of hydrogen-bond donors (Lipinski definition) is 1. The molecule has 0 aromatic heterocycles. The lowest BCUT2D eigenvalue weighted by Gasteiger charge is -2.37. The molecule has 118 valence electrons. The van der Waals surface area contributed by atoms with Crippen LogP contribution in [0.2, 0.25) is 0 Å². The molecule has 0 aliphatic carbocycles. The van der Waals surface area contributed by atoms with Crippen LogP contribution in [-0.4, -0.2) is 39.0 Å². The monoisotopic (exact) mass is 293 g/mol. The van der Waals surface area contributed by atoms with E-state index in [1.165, 1.54) is 12.8 Å². The highest BCUT2D eigenvalue weighted by molar-refractivity contribution is 5.40. The third kappa shape index (κ3) is 4.61. The van der Waals surface area contributed by atoms with Crippen LogP contribution in [0.3, 0.4) is 0 Å². The molecule has 1 fully saturated rings. The van der Waals surface area contributed by atoms with Gasteiger partial charge in [-0.3, -0.25) is 0 Å². The highest BCUT2D eigenvalue weighted by atomic mass is 16.5. The van der Waals surface area contributed by atoms with Crippen LogP contribution in [0, 0.1) is 5.92 Å². The molecule has 1 aromatic rings. The maximum Gasteiger partial charge on any atom is 0.162 e. The summed E-state index contributed by atoms with van der Waals surface area (Å²) in [4.78, 5) is 0. The molecule has 21 heavy (non-hydrogen) atoms. The standard InChI is InChI=1S/C17H27NO3/c1-17(2,14-7-6-10-18-13-14)21-16-9-5-4-8-15(16)20-12-11-19-3/h4-5,8-9,14,18H,6-7,10-13H2,1-3H3. The van der Waals surface area contributed by atoms with Crippen LogP contribution in [0.15, 0.2) is 24.3 Å². The van der Waals surface area contributed by atoms with Crippen molar-refractivity contribution >= 4 is 0 Å². The predicted octanol–water partition coefficient (Wildman–Crippen LogP) is 2.87. The molecule has 4 nitrogen and oxygen atoms in total. The van der Waals surface area contributed by atoms with E-state index in [1.54, 1.807) is 7.11 Å². The first kappa shape index (κ1) is 16.1. The average Bonchev–Trinajstić information content (AvgIpc) is 2.50. The van der Waals surface area contributed by atoms with Crippen LogP contribution in [-0.2, 0) is 4.74 Å². The van der Waals surface area contributed by atoms with E-state index >= 15 is 0 Å². The zero-order valence-corrected chi connectivity index (χ0v) is 13.4. The summed E-state index contributed by atoms with van der Waals surface area (Å²) in [5.41, 5.74) is -0.214. The van der Waals surface area contributed by atoms with Crippen LogP contribution in [0.25, 0.3) is 0 Å². The molecule has 1 N–H and O–H groups in total. The first-order valence-corrected chi connectivity index (χ1v) is 7.74. The van der Waals surface area contributed by atoms with E-state index in [-0.39, 0.29) is 5.60 Å². The topological polar surface area (TPSA) is 39.7 Å². The number of piperidine rings is 1. The first-order chi connectivity index (χ1) is 10.1. The molecule has 1 aliphatic rings. The van der Waals surface area contributed by atoms with E-state index in [0.717, 1.165) is 24.6 Å². The third-order valence-electron chi connectivity index (χ3n) is 4.05. The van der Waals surface area contributed by atoms with Crippen molar-refractivity contribution in [3.05, 3.63) is 24.3 Å². The lowest BCUT2D eigenvalue weighted by molar-refractivity contribution is 0.0280. The van der Waals surface area contributed by atoms with Gasteiger partial charge in [-0.15, -0.1) is 0 Å². The van der Waals surface area contributed by atoms with Gasteiger partial charge in [-0.05, 0) is 45.4 Å². The zero-order valence-electron chi connectivity index (χ0n) is 13.4. The predicted molar refractivity (Wildman–Crippen MR) is 84.1 cm³/mol. The third-order valence-corrected chi connectivity index (χ3v) is 4.05. The van der Waals surface area contributed by atoms with E-state index in [1.807, 2.05) is 24.3 Å². The smallest absolute Gasteiger partial charge is 0.162 e. The van der Waals surface area contributed by atoms with Gasteiger partial charge in [0.05, 0.1) is 6.61 Å². The summed E-state index contributed by atoms with van der Waals surface area (Å²) in [6, 6.07) is 7.86. The van der Waals surface area contributed by atoms with Crippen molar-refractivity contribution in [1.29, 1.82) is 0 Å². The summed E-state index contributed by atoms with van der Waals surface area (Å²) in [7, 11) is 1.67. The number of hydrogen-bond acceptors (Lipinski definition) is 4. The van der Waals surface area contributed by atoms with Crippen molar-refractivity contribution in [1.82, 2.24) is 5.32 Å². The second kappa shape index (κ2) is 7.66. The highest BCUT2D eigenvalue weighted by Crippen LogP contribution is 2.34. The molecule has 2 rings (SSSR count). The van der Waals surface area contributed by atoms with Gasteiger partial charge in [-0.1, -0.05) is 12.1 Å². The fourth-order valence-electron chi connectivity index (χ4n) is 2.70. The van der Waals surface area contributed by atoms with E-state index < -0.39 is 0 Å². The van der Waals surface area contributed by atoms with Gasteiger partial charge in [0.25, 0.3) is 0 Å². The Morgan fingerprint density at radius 3 is 2.62 bits per heavy atom. The molecule has 1 unspecified atom stereocenters. The Morgan fingerprint density at radius 1 is 1.19 bits per heavy atom. The van der Waals surface area contributed by atoms with Crippen molar-refractivity contribution in [2.24, 2.45) is 5.92 Å². The Morgan fingerprint density at radius 2 is 1.95 bits per heavy atom. The summed E-state index contributed by atoms with van der Waals surface area (Å²) >= 11 is 0. The largest absolute Gasteiger partial charge is 0.487 e. The second-order valence-electron chi connectivity index (χ2n) is 6.04. The minimum atomic E-state index is -0.214. The molecule has 0 radical (unpaired) electrons. The number of methoxy groups -OCH3 is 1. The van der Waals surface area contributed by atoms with E-state index in [9.17, 15) is 0 Å². The molecule has 0 amide bonds. The van der Waals surface area contributed by atoms with Gasteiger partial charge < -0.3 is 19.5 Å². The van der Waals surface area contributed by atoms with E-state index in [4.69, 9.17) is 14.2 Å². The lowest BCUT2D eigenvalue weighted by atomic mass is 9.84. The molecule has 1 heterocycles. The molecule has 4 heteroatoms. The average molecular weight is 293 g/mol. The number of rotatable bonds is 7. The molecular formula is C17H27NO3. The number of nitrogens with one attached hydrogen (secondary N) is 1. The van der Waals surface area contributed by atoms with Crippen molar-refractivity contribution in [3.63, 3.8) is 0 Å². The molecule has 0 spiro atoms. The van der Waals surface area contributed by atoms with Crippen LogP contribution in [0.4, 0.5) is 0 Å². The zero-order chi connectivity index (χ0) is 15.1. The summed E-state index contributed by atoms with van der Waals surface area (Å²) < 4.78 is 17.1. The van der Waals surface area contributed by atoms with Crippen LogP contribution < -0.4 is 14.8 Å². The fourth-order valence-corrected chi connectivity index (χ4v) is 2.70. The van der Waals surface area contributed by atoms with Gasteiger partial charge in [0.15, 0.2) is 11.5 Å². The minimum Gasteiger partial charge on any atom is -0.487 e.